The summed E-state index contributed by atoms with van der Waals surface area (Å²) in [6, 6.07) is 35.0. The van der Waals surface area contributed by atoms with Crippen molar-refractivity contribution in [3.05, 3.63) is 157 Å². The van der Waals surface area contributed by atoms with E-state index in [1.165, 1.54) is 11.1 Å². The number of halogens is 4. The van der Waals surface area contributed by atoms with E-state index in [1.807, 2.05) is 54.6 Å². The summed E-state index contributed by atoms with van der Waals surface area (Å²) in [6.45, 7) is 8.36. The number of aliphatic imine (C=N–C) groups is 2. The second-order valence-corrected chi connectivity index (χ2v) is 13.5. The molecular formula is C35H29Br2Cl2FeN3. The molecule has 220 valence electrons. The molecule has 0 saturated carbocycles. The van der Waals surface area contributed by atoms with Gasteiger partial charge in [-0.15, -0.1) is 0 Å². The Morgan fingerprint density at radius 1 is 0.581 bits per heavy atom. The summed E-state index contributed by atoms with van der Waals surface area (Å²) in [6.07, 6.45) is 0. The number of pyridine rings is 1. The summed E-state index contributed by atoms with van der Waals surface area (Å²) in [5, 5.41) is 0. The van der Waals surface area contributed by atoms with Crippen LogP contribution in [0.25, 0.3) is 0 Å². The van der Waals surface area contributed by atoms with Gasteiger partial charge < -0.3 is 0 Å². The third kappa shape index (κ3) is 8.76. The van der Waals surface area contributed by atoms with Gasteiger partial charge in [0.1, 0.15) is 0 Å². The average molecular weight is 778 g/mol. The molecule has 1 aromatic heterocycles. The molecule has 0 aliphatic heterocycles. The fourth-order valence-electron chi connectivity index (χ4n) is 4.75. The Hall–Kier alpha value is -2.57. The quantitative estimate of drug-likeness (QED) is 0.125. The van der Waals surface area contributed by atoms with Crippen LogP contribution in [0.5, 0.6) is 0 Å². The molecule has 0 aliphatic rings. The molecule has 0 aliphatic carbocycles. The molecule has 0 N–H and O–H groups in total. The number of hydrogen-bond acceptors (Lipinski definition) is 3. The number of benzene rings is 4. The van der Waals surface area contributed by atoms with Crippen LogP contribution in [0, 0.1) is 27.7 Å². The standard InChI is InChI=1S/C35H29Br2N3.2ClH.Fe/c1-22-18-24(3)32(28(36)20-22)39-34(26-12-7-5-8-13-26)30-16-11-17-31(38-30)35(27-14-9-6-10-15-27)40-33-25(4)19-23(2)21-29(33)37;;;/h5-21H,1-4H3;2*1H;/q;;;+2/p-2. The predicted octanol–water partition coefficient (Wildman–Crippen LogP) is 11.6. The van der Waals surface area contributed by atoms with Crippen LogP contribution in [0.4, 0.5) is 11.4 Å². The van der Waals surface area contributed by atoms with Gasteiger partial charge in [0.15, 0.2) is 0 Å². The second-order valence-electron chi connectivity index (χ2n) is 9.94. The van der Waals surface area contributed by atoms with Gasteiger partial charge in [0.2, 0.25) is 0 Å². The minimum absolute atomic E-state index is 0.194. The zero-order valence-electron chi connectivity index (χ0n) is 24.0. The Bertz CT molecular complexity index is 1600. The maximum absolute atomic E-state index is 5.19. The van der Waals surface area contributed by atoms with E-state index < -0.39 is 0 Å². The Balaban J connectivity index is 0.00000135. The van der Waals surface area contributed by atoms with Crippen molar-refractivity contribution >= 4 is 74.9 Å². The van der Waals surface area contributed by atoms with E-state index >= 15 is 0 Å². The van der Waals surface area contributed by atoms with Crippen LogP contribution in [-0.4, -0.2) is 16.4 Å². The SMILES string of the molecule is Cc1cc(C)c(N=C(c2ccccc2)c2cccc(C(=Nc3c(C)cc(C)cc3Br)c3ccccc3)n2)c(Br)c1.[Cl][Fe][Cl]. The van der Waals surface area contributed by atoms with E-state index in [4.69, 9.17) is 35.2 Å². The predicted molar refractivity (Wildman–Crippen MR) is 187 cm³/mol. The zero-order chi connectivity index (χ0) is 30.9. The average Bonchev–Trinajstić information content (AvgIpc) is 2.98. The Morgan fingerprint density at radius 2 is 0.953 bits per heavy atom. The van der Waals surface area contributed by atoms with Gasteiger partial charge in [0, 0.05) is 20.1 Å². The van der Waals surface area contributed by atoms with Crippen LogP contribution in [0.3, 0.4) is 0 Å². The molecule has 3 nitrogen and oxygen atoms in total. The third-order valence-corrected chi connectivity index (χ3v) is 7.78. The van der Waals surface area contributed by atoms with Gasteiger partial charge in [-0.05, 0) is 106 Å². The number of aromatic nitrogens is 1. The van der Waals surface area contributed by atoms with Gasteiger partial charge in [0.25, 0.3) is 0 Å². The summed E-state index contributed by atoms with van der Waals surface area (Å²) < 4.78 is 1.92. The van der Waals surface area contributed by atoms with Crippen LogP contribution >= 0.6 is 52.1 Å². The van der Waals surface area contributed by atoms with E-state index in [9.17, 15) is 0 Å². The van der Waals surface area contributed by atoms with Crippen LogP contribution in [0.15, 0.2) is 122 Å². The molecule has 0 saturated heterocycles. The molecule has 0 fully saturated rings. The van der Waals surface area contributed by atoms with Crippen molar-refractivity contribution < 1.29 is 13.1 Å². The van der Waals surface area contributed by atoms with Crippen molar-refractivity contribution in [2.45, 2.75) is 27.7 Å². The van der Waals surface area contributed by atoms with E-state index in [-0.39, 0.29) is 13.1 Å². The second kappa shape index (κ2) is 15.9. The van der Waals surface area contributed by atoms with E-state index in [0.717, 1.165) is 65.4 Å². The van der Waals surface area contributed by atoms with Gasteiger partial charge in [-0.2, -0.15) is 0 Å². The summed E-state index contributed by atoms with van der Waals surface area (Å²) in [4.78, 5) is 15.6. The summed E-state index contributed by atoms with van der Waals surface area (Å²) in [5.41, 5.74) is 11.5. The molecule has 0 spiro atoms. The minimum atomic E-state index is 0.194. The molecule has 0 unspecified atom stereocenters. The molecule has 0 radical (unpaired) electrons. The number of rotatable bonds is 6. The monoisotopic (exact) mass is 775 g/mol. The molecule has 0 amide bonds. The molecule has 4 aromatic carbocycles. The molecule has 8 heteroatoms. The fourth-order valence-corrected chi connectivity index (χ4v) is 6.28. The number of aryl methyl sites for hydroxylation is 4. The van der Waals surface area contributed by atoms with Crippen LogP contribution < -0.4 is 0 Å². The van der Waals surface area contributed by atoms with Crippen molar-refractivity contribution in [1.29, 1.82) is 0 Å². The zero-order valence-corrected chi connectivity index (χ0v) is 29.8. The number of hydrogen-bond donors (Lipinski definition) is 0. The molecule has 1 heterocycles. The van der Waals surface area contributed by atoms with Crippen molar-refractivity contribution in [2.75, 3.05) is 0 Å². The summed E-state index contributed by atoms with van der Waals surface area (Å²) in [5.74, 6) is 0. The molecular weight excluding hydrogens is 749 g/mol. The van der Waals surface area contributed by atoms with E-state index in [0.29, 0.717) is 0 Å². The van der Waals surface area contributed by atoms with E-state index in [2.05, 4.69) is 108 Å². The Kier molecular flexibility index (Phi) is 12.4. The van der Waals surface area contributed by atoms with Crippen LogP contribution in [-0.2, 0) is 13.1 Å². The number of nitrogens with zero attached hydrogens (tertiary/aromatic N) is 3. The fraction of sp³-hybridized carbons (Fsp3) is 0.114. The first-order chi connectivity index (χ1) is 20.7. The van der Waals surface area contributed by atoms with Gasteiger partial charge in [-0.3, -0.25) is 0 Å². The molecule has 43 heavy (non-hydrogen) atoms. The van der Waals surface area contributed by atoms with Gasteiger partial charge in [0.05, 0.1) is 34.2 Å². The van der Waals surface area contributed by atoms with E-state index in [1.54, 1.807) is 0 Å². The van der Waals surface area contributed by atoms with Gasteiger partial charge >= 0.3 is 33.3 Å². The molecule has 5 rings (SSSR count). The summed E-state index contributed by atoms with van der Waals surface area (Å²) >= 11 is 7.68. The van der Waals surface area contributed by atoms with Gasteiger partial charge in [-0.25, -0.2) is 15.0 Å². The Labute approximate surface area is 285 Å². The normalized spacial score (nSPS) is 11.7. The van der Waals surface area contributed by atoms with Crippen molar-refractivity contribution in [3.63, 3.8) is 0 Å². The maximum atomic E-state index is 5.19. The third-order valence-electron chi connectivity index (χ3n) is 6.57. The first kappa shape index (κ1) is 33.3. The van der Waals surface area contributed by atoms with Crippen LogP contribution in [0.1, 0.15) is 44.8 Å². The van der Waals surface area contributed by atoms with Crippen molar-refractivity contribution in [3.8, 4) is 0 Å². The Morgan fingerprint density at radius 3 is 1.30 bits per heavy atom. The van der Waals surface area contributed by atoms with Crippen molar-refractivity contribution in [1.82, 2.24) is 4.98 Å². The molecule has 0 atom stereocenters. The van der Waals surface area contributed by atoms with Gasteiger partial charge in [-0.1, -0.05) is 78.9 Å². The first-order valence-electron chi connectivity index (χ1n) is 13.4. The van der Waals surface area contributed by atoms with Crippen molar-refractivity contribution in [2.24, 2.45) is 9.98 Å². The molecule has 5 aromatic rings. The first-order valence-corrected chi connectivity index (χ1v) is 18.0. The summed E-state index contributed by atoms with van der Waals surface area (Å²) in [7, 11) is 9.53. The topological polar surface area (TPSA) is 37.6 Å². The van der Waals surface area contributed by atoms with Crippen LogP contribution in [0.2, 0.25) is 0 Å². The molecule has 0 bridgehead atoms.